The molecule has 31 heavy (non-hydrogen) atoms. The van der Waals surface area contributed by atoms with Crippen LogP contribution in [0, 0.1) is 5.92 Å². The largest absolute Gasteiger partial charge is 0.344 e. The van der Waals surface area contributed by atoms with Crippen LogP contribution in [-0.2, 0) is 11.2 Å². The lowest BCUT2D eigenvalue weighted by Crippen LogP contribution is -2.58. The van der Waals surface area contributed by atoms with Crippen molar-refractivity contribution in [2.75, 3.05) is 39.8 Å². The number of amides is 2. The first-order chi connectivity index (χ1) is 15.0. The lowest BCUT2D eigenvalue weighted by molar-refractivity contribution is -0.138. The minimum atomic E-state index is -0.0193. The predicted molar refractivity (Wildman–Crippen MR) is 126 cm³/mol. The molecule has 5 heteroatoms. The van der Waals surface area contributed by atoms with Crippen LogP contribution >= 0.6 is 0 Å². The highest BCUT2D eigenvalue weighted by Gasteiger charge is 2.38. The summed E-state index contributed by atoms with van der Waals surface area (Å²) in [5.74, 6) is 0.856. The highest BCUT2D eigenvalue weighted by Crippen LogP contribution is 2.32. The van der Waals surface area contributed by atoms with Crippen LogP contribution < -0.4 is 0 Å². The van der Waals surface area contributed by atoms with Crippen molar-refractivity contribution in [3.8, 4) is 0 Å². The number of unbranched alkanes of at least 4 members (excludes halogenated alkanes) is 1. The van der Waals surface area contributed by atoms with Gasteiger partial charge in [-0.05, 0) is 55.7 Å². The second kappa shape index (κ2) is 11.7. The normalized spacial score (nSPS) is 18.9. The van der Waals surface area contributed by atoms with Crippen molar-refractivity contribution in [2.24, 2.45) is 5.92 Å². The number of carbonyl (C=O) groups excluding carboxylic acids is 2. The number of likely N-dealkylation sites (N-methyl/N-ethyl adjacent to an activating group) is 1. The van der Waals surface area contributed by atoms with Crippen molar-refractivity contribution in [3.63, 3.8) is 0 Å². The standard InChI is InChI=1S/C26H41N3O2/c1-4-6-9-21-12-14-23(15-13-21)25(30)29-19-17-28(18-20-29)24(22-10-7-8-11-22)26(31)27(3)16-5-2/h12-15,22,24H,4-11,16-20H2,1-3H3/t24-/m0/s1. The number of carbonyl (C=O) groups is 2. The molecule has 1 heterocycles. The van der Waals surface area contributed by atoms with Crippen molar-refractivity contribution < 1.29 is 9.59 Å². The first-order valence-electron chi connectivity index (χ1n) is 12.4. The molecule has 1 aromatic carbocycles. The number of benzene rings is 1. The molecule has 0 aromatic heterocycles. The number of hydrogen-bond donors (Lipinski definition) is 0. The van der Waals surface area contributed by atoms with Gasteiger partial charge in [-0.1, -0.05) is 45.2 Å². The zero-order valence-corrected chi connectivity index (χ0v) is 19.8. The molecule has 2 aliphatic rings. The number of nitrogens with zero attached hydrogens (tertiary/aromatic N) is 3. The van der Waals surface area contributed by atoms with E-state index in [1.54, 1.807) is 0 Å². The predicted octanol–water partition coefficient (Wildman–Crippen LogP) is 4.21. The first kappa shape index (κ1) is 23.8. The van der Waals surface area contributed by atoms with E-state index in [2.05, 4.69) is 30.9 Å². The fourth-order valence-electron chi connectivity index (χ4n) is 5.18. The molecule has 172 valence electrons. The van der Waals surface area contributed by atoms with Crippen molar-refractivity contribution in [1.29, 1.82) is 0 Å². The van der Waals surface area contributed by atoms with Gasteiger partial charge in [0.05, 0.1) is 6.04 Å². The number of rotatable bonds is 9. The summed E-state index contributed by atoms with van der Waals surface area (Å²) in [4.78, 5) is 32.5. The molecule has 2 fully saturated rings. The zero-order valence-electron chi connectivity index (χ0n) is 19.8. The van der Waals surface area contributed by atoms with Crippen molar-refractivity contribution >= 4 is 11.8 Å². The molecule has 0 radical (unpaired) electrons. The Bertz CT molecular complexity index is 704. The van der Waals surface area contributed by atoms with Gasteiger partial charge in [-0.15, -0.1) is 0 Å². The molecule has 1 aliphatic heterocycles. The highest BCUT2D eigenvalue weighted by atomic mass is 16.2. The fraction of sp³-hybridized carbons (Fsp3) is 0.692. The Balaban J connectivity index is 1.60. The molecule has 1 atom stereocenters. The summed E-state index contributed by atoms with van der Waals surface area (Å²) in [6, 6.07) is 8.12. The first-order valence-corrected chi connectivity index (χ1v) is 12.4. The van der Waals surface area contributed by atoms with E-state index >= 15 is 0 Å². The van der Waals surface area contributed by atoms with E-state index in [-0.39, 0.29) is 17.9 Å². The molecule has 0 spiro atoms. The van der Waals surface area contributed by atoms with Crippen LogP contribution in [0.4, 0.5) is 0 Å². The molecular weight excluding hydrogens is 386 g/mol. The fourth-order valence-corrected chi connectivity index (χ4v) is 5.18. The SMILES string of the molecule is CCCCc1ccc(C(=O)N2CCN([C@H](C(=O)N(C)CCC)C3CCCC3)CC2)cc1. The molecule has 1 aliphatic carbocycles. The van der Waals surface area contributed by atoms with Gasteiger partial charge < -0.3 is 9.80 Å². The van der Waals surface area contributed by atoms with E-state index in [4.69, 9.17) is 0 Å². The maximum Gasteiger partial charge on any atom is 0.253 e. The average molecular weight is 428 g/mol. The molecule has 2 amide bonds. The van der Waals surface area contributed by atoms with Crippen LogP contribution in [0.1, 0.15) is 74.7 Å². The van der Waals surface area contributed by atoms with Gasteiger partial charge in [-0.2, -0.15) is 0 Å². The number of piperazine rings is 1. The van der Waals surface area contributed by atoms with Crippen LogP contribution in [0.25, 0.3) is 0 Å². The lowest BCUT2D eigenvalue weighted by atomic mass is 9.94. The van der Waals surface area contributed by atoms with Crippen molar-refractivity contribution in [2.45, 2.75) is 71.3 Å². The van der Waals surface area contributed by atoms with Crippen LogP contribution in [-0.4, -0.2) is 72.3 Å². The van der Waals surface area contributed by atoms with E-state index in [1.807, 2.05) is 29.0 Å². The molecule has 1 saturated carbocycles. The topological polar surface area (TPSA) is 43.9 Å². The highest BCUT2D eigenvalue weighted by molar-refractivity contribution is 5.94. The van der Waals surface area contributed by atoms with Gasteiger partial charge in [0.15, 0.2) is 0 Å². The summed E-state index contributed by atoms with van der Waals surface area (Å²) in [6.07, 6.45) is 9.20. The van der Waals surface area contributed by atoms with E-state index in [0.717, 1.165) is 50.9 Å². The third-order valence-corrected chi connectivity index (χ3v) is 7.05. The second-order valence-corrected chi connectivity index (χ2v) is 9.38. The Morgan fingerprint density at radius 1 is 1.00 bits per heavy atom. The van der Waals surface area contributed by atoms with Crippen molar-refractivity contribution in [3.05, 3.63) is 35.4 Å². The summed E-state index contributed by atoms with van der Waals surface area (Å²) >= 11 is 0. The Labute approximate surface area is 188 Å². The Kier molecular flexibility index (Phi) is 8.94. The summed E-state index contributed by atoms with van der Waals surface area (Å²) < 4.78 is 0. The smallest absolute Gasteiger partial charge is 0.253 e. The number of aryl methyl sites for hydroxylation is 1. The summed E-state index contributed by atoms with van der Waals surface area (Å²) in [6.45, 7) is 8.10. The lowest BCUT2D eigenvalue weighted by Gasteiger charge is -2.42. The van der Waals surface area contributed by atoms with Gasteiger partial charge in [0.2, 0.25) is 5.91 Å². The molecular formula is C26H41N3O2. The minimum Gasteiger partial charge on any atom is -0.344 e. The van der Waals surface area contributed by atoms with Crippen molar-refractivity contribution in [1.82, 2.24) is 14.7 Å². The molecule has 0 N–H and O–H groups in total. The Morgan fingerprint density at radius 2 is 1.65 bits per heavy atom. The molecule has 0 unspecified atom stereocenters. The van der Waals surface area contributed by atoms with E-state index < -0.39 is 0 Å². The zero-order chi connectivity index (χ0) is 22.2. The van der Waals surface area contributed by atoms with E-state index in [9.17, 15) is 9.59 Å². The third kappa shape index (κ3) is 6.09. The summed E-state index contributed by atoms with van der Waals surface area (Å²) in [5, 5.41) is 0. The molecule has 1 aromatic rings. The molecule has 3 rings (SSSR count). The van der Waals surface area contributed by atoms with E-state index in [0.29, 0.717) is 19.0 Å². The van der Waals surface area contributed by atoms with Gasteiger partial charge in [0, 0.05) is 45.3 Å². The quantitative estimate of drug-likeness (QED) is 0.593. The maximum atomic E-state index is 13.3. The average Bonchev–Trinajstić information content (AvgIpc) is 3.32. The molecule has 5 nitrogen and oxygen atoms in total. The Hall–Kier alpha value is -1.88. The van der Waals surface area contributed by atoms with Crippen LogP contribution in [0.2, 0.25) is 0 Å². The van der Waals surface area contributed by atoms with Gasteiger partial charge in [-0.3, -0.25) is 14.5 Å². The van der Waals surface area contributed by atoms with Gasteiger partial charge in [0.25, 0.3) is 5.91 Å². The third-order valence-electron chi connectivity index (χ3n) is 7.05. The summed E-state index contributed by atoms with van der Waals surface area (Å²) in [5.41, 5.74) is 2.08. The van der Waals surface area contributed by atoms with Gasteiger partial charge >= 0.3 is 0 Å². The second-order valence-electron chi connectivity index (χ2n) is 9.38. The van der Waals surface area contributed by atoms with E-state index in [1.165, 1.54) is 31.2 Å². The minimum absolute atomic E-state index is 0.0193. The maximum absolute atomic E-state index is 13.3. The monoisotopic (exact) mass is 427 g/mol. The number of hydrogen-bond acceptors (Lipinski definition) is 3. The Morgan fingerprint density at radius 3 is 2.23 bits per heavy atom. The summed E-state index contributed by atoms with van der Waals surface area (Å²) in [7, 11) is 1.94. The van der Waals surface area contributed by atoms with Crippen LogP contribution in [0.5, 0.6) is 0 Å². The van der Waals surface area contributed by atoms with Crippen LogP contribution in [0.15, 0.2) is 24.3 Å². The van der Waals surface area contributed by atoms with Gasteiger partial charge in [0.1, 0.15) is 0 Å². The molecule has 1 saturated heterocycles. The van der Waals surface area contributed by atoms with Crippen LogP contribution in [0.3, 0.4) is 0 Å². The molecule has 0 bridgehead atoms. The van der Waals surface area contributed by atoms with Gasteiger partial charge in [-0.25, -0.2) is 0 Å².